The Bertz CT molecular complexity index is 1220. The second-order valence-corrected chi connectivity index (χ2v) is 15.5. The lowest BCUT2D eigenvalue weighted by Crippen LogP contribution is -2.60. The second-order valence-electron chi connectivity index (χ2n) is 15.5. The lowest BCUT2D eigenvalue weighted by molar-refractivity contribution is -0.295. The van der Waals surface area contributed by atoms with E-state index < -0.39 is 77.3 Å². The van der Waals surface area contributed by atoms with Gasteiger partial charge in [0.25, 0.3) is 0 Å². The molecule has 0 aliphatic carbocycles. The van der Waals surface area contributed by atoms with E-state index in [0.717, 1.165) is 19.4 Å². The van der Waals surface area contributed by atoms with Crippen LogP contribution in [0.1, 0.15) is 93.9 Å². The van der Waals surface area contributed by atoms with Crippen molar-refractivity contribution >= 4 is 17.5 Å². The molecule has 3 saturated heterocycles. The van der Waals surface area contributed by atoms with Crippen LogP contribution in [0.2, 0.25) is 0 Å². The molecule has 0 amide bonds. The Kier molecular flexibility index (Phi) is 15.9. The average Bonchev–Trinajstić information content (AvgIpc) is 3.11. The Hall–Kier alpha value is -2.15. The van der Waals surface area contributed by atoms with Crippen molar-refractivity contribution in [2.75, 3.05) is 33.8 Å². The van der Waals surface area contributed by atoms with E-state index >= 15 is 0 Å². The molecule has 4 N–H and O–H groups in total. The highest BCUT2D eigenvalue weighted by Gasteiger charge is 2.51. The minimum Gasteiger partial charge on any atom is -0.459 e. The van der Waals surface area contributed by atoms with Crippen LogP contribution < -0.4 is 5.32 Å². The van der Waals surface area contributed by atoms with Crippen LogP contribution in [0.4, 0.5) is 0 Å². The number of nitrogens with one attached hydrogen (secondary N) is 1. The van der Waals surface area contributed by atoms with Gasteiger partial charge in [-0.15, -0.1) is 12.3 Å². The fourth-order valence-electron chi connectivity index (χ4n) is 7.99. The molecular formula is C38H65N3O10. The third-order valence-corrected chi connectivity index (χ3v) is 11.4. The number of methoxy groups -OCH3 is 1. The highest BCUT2D eigenvalue weighted by molar-refractivity contribution is 6.00. The van der Waals surface area contributed by atoms with E-state index in [1.165, 1.54) is 21.0 Å². The number of Topliss-reactive ketones (excluding diaryl/α,β-unsaturated/α-hetero) is 1. The molecule has 51 heavy (non-hydrogen) atoms. The maximum atomic E-state index is 14.2. The van der Waals surface area contributed by atoms with E-state index in [9.17, 15) is 24.9 Å². The quantitative estimate of drug-likeness (QED) is 0.119. The summed E-state index contributed by atoms with van der Waals surface area (Å²) in [5, 5.41) is 43.1. The molecule has 0 spiro atoms. The molecule has 0 saturated carbocycles. The number of nitrogens with zero attached hydrogens (tertiary/aromatic N) is 2. The Labute approximate surface area is 305 Å². The maximum Gasteiger partial charge on any atom is 0.316 e. The Balaban J connectivity index is 2.12. The number of cyclic esters (lactones) is 1. The number of terminal acetylenes is 1. The summed E-state index contributed by atoms with van der Waals surface area (Å²) in [7, 11) is 3.42. The lowest BCUT2D eigenvalue weighted by atomic mass is 9.74. The van der Waals surface area contributed by atoms with E-state index in [4.69, 9.17) is 30.2 Å². The summed E-state index contributed by atoms with van der Waals surface area (Å²) in [5.41, 5.74) is -2.64. The number of likely N-dealkylation sites (N-methyl/N-ethyl adjacent to an activating group) is 1. The number of carbonyl (C=O) groups is 2. The van der Waals surface area contributed by atoms with Crippen molar-refractivity contribution in [2.24, 2.45) is 28.8 Å². The third-order valence-electron chi connectivity index (χ3n) is 11.4. The number of oxime groups is 1. The van der Waals surface area contributed by atoms with Gasteiger partial charge in [-0.05, 0) is 73.4 Å². The van der Waals surface area contributed by atoms with Gasteiger partial charge in [0, 0.05) is 50.4 Å². The number of piperidine rings is 1. The molecule has 0 radical (unpaired) electrons. The summed E-state index contributed by atoms with van der Waals surface area (Å²) in [6.07, 6.45) is 2.48. The van der Waals surface area contributed by atoms with Crippen LogP contribution in [0.5, 0.6) is 0 Å². The first-order valence-corrected chi connectivity index (χ1v) is 18.7. The fourth-order valence-corrected chi connectivity index (χ4v) is 7.99. The number of carbonyl (C=O) groups excluding carboxylic acids is 2. The van der Waals surface area contributed by atoms with E-state index in [1.54, 1.807) is 20.8 Å². The summed E-state index contributed by atoms with van der Waals surface area (Å²) in [5.74, 6) is -2.01. The van der Waals surface area contributed by atoms with Crippen LogP contribution in [0.25, 0.3) is 0 Å². The van der Waals surface area contributed by atoms with E-state index in [1.807, 2.05) is 32.7 Å². The standard InChI is InChI=1S/C38H65N3O10/c1-12-14-18-41(10)28-19-23(4)48-36(32(28)43)50-34-25(6)31(42)26(7)35(45)49-29(13-2)38(9,46)33(44)24(5)30(22(3)20-37(34,8)47-11)40-51-27-16-15-17-39-21-27/h1,22-29,32-34,36,39,43-44,46H,13-21H2,2-11H3/b40-30+/t22-,23-,24+,25-,26-,27-,28+,29-,32-,33?,34-,36?,37-,38-/m1/s1. The number of ketones is 1. The van der Waals surface area contributed by atoms with Crippen molar-refractivity contribution in [1.82, 2.24) is 10.2 Å². The summed E-state index contributed by atoms with van der Waals surface area (Å²) in [4.78, 5) is 35.8. The first-order chi connectivity index (χ1) is 23.9. The molecular weight excluding hydrogens is 658 g/mol. The molecule has 0 bridgehead atoms. The first-order valence-electron chi connectivity index (χ1n) is 18.7. The van der Waals surface area contributed by atoms with Gasteiger partial charge in [0.05, 0.1) is 29.6 Å². The van der Waals surface area contributed by atoms with Gasteiger partial charge >= 0.3 is 5.97 Å². The zero-order valence-electron chi connectivity index (χ0n) is 32.5. The van der Waals surface area contributed by atoms with Crippen LogP contribution >= 0.6 is 0 Å². The minimum absolute atomic E-state index is 0.177. The second kappa shape index (κ2) is 18.7. The molecule has 3 heterocycles. The normalized spacial score (nSPS) is 43.0. The lowest BCUT2D eigenvalue weighted by Gasteiger charge is -2.47. The summed E-state index contributed by atoms with van der Waals surface area (Å²) >= 11 is 0. The molecule has 13 nitrogen and oxygen atoms in total. The molecule has 3 fully saturated rings. The molecule has 14 atom stereocenters. The van der Waals surface area contributed by atoms with Crippen LogP contribution in [0, 0.1) is 36.0 Å². The summed E-state index contributed by atoms with van der Waals surface area (Å²) in [6.45, 7) is 15.8. The predicted octanol–water partition coefficient (Wildman–Crippen LogP) is 2.67. The van der Waals surface area contributed by atoms with Gasteiger partial charge in [-0.25, -0.2) is 0 Å². The zero-order valence-corrected chi connectivity index (χ0v) is 32.5. The molecule has 13 heteroatoms. The Morgan fingerprint density at radius 3 is 2.41 bits per heavy atom. The number of aliphatic hydroxyl groups is 3. The highest BCUT2D eigenvalue weighted by Crippen LogP contribution is 2.39. The molecule has 2 unspecified atom stereocenters. The highest BCUT2D eigenvalue weighted by atomic mass is 16.7. The fraction of sp³-hybridized carbons (Fsp3) is 0.868. The van der Waals surface area contributed by atoms with E-state index in [0.29, 0.717) is 31.6 Å². The van der Waals surface area contributed by atoms with Gasteiger partial charge < -0.3 is 44.4 Å². The summed E-state index contributed by atoms with van der Waals surface area (Å²) in [6, 6.07) is -0.329. The zero-order chi connectivity index (χ0) is 38.3. The van der Waals surface area contributed by atoms with Crippen molar-refractivity contribution in [3.8, 4) is 12.3 Å². The molecule has 0 aromatic heterocycles. The molecule has 3 aliphatic heterocycles. The van der Waals surface area contributed by atoms with Gasteiger partial charge in [-0.2, -0.15) is 0 Å². The third kappa shape index (κ3) is 10.3. The van der Waals surface area contributed by atoms with Crippen molar-refractivity contribution in [3.05, 3.63) is 0 Å². The van der Waals surface area contributed by atoms with Crippen LogP contribution in [-0.2, 0) is 33.4 Å². The largest absolute Gasteiger partial charge is 0.459 e. The van der Waals surface area contributed by atoms with Gasteiger partial charge in [-0.1, -0.05) is 32.9 Å². The molecule has 0 aromatic rings. The van der Waals surface area contributed by atoms with Crippen LogP contribution in [-0.4, -0.2) is 132 Å². The van der Waals surface area contributed by atoms with Gasteiger partial charge in [0.2, 0.25) is 0 Å². The SMILES string of the molecule is C#CCCN(C)[C@H]1C[C@@H](C)OC(O[C@@H]2[C@H](C)C(=O)[C@@H](C)C(=O)O[C@H](CC)[C@@](C)(O)C(O)[C@@H](C)/C(=N/O[C@@H]3CCCNC3)[C@H](C)C[C@@]2(C)OC)[C@@H]1O. The van der Waals surface area contributed by atoms with Gasteiger partial charge in [0.1, 0.15) is 29.8 Å². The maximum absolute atomic E-state index is 14.2. The molecule has 292 valence electrons. The summed E-state index contributed by atoms with van der Waals surface area (Å²) < 4.78 is 24.9. The number of rotatable bonds is 9. The van der Waals surface area contributed by atoms with Crippen molar-refractivity contribution in [1.29, 1.82) is 0 Å². The Morgan fingerprint density at radius 1 is 1.14 bits per heavy atom. The number of esters is 1. The molecule has 0 aromatic carbocycles. The topological polar surface area (TPSA) is 169 Å². The van der Waals surface area contributed by atoms with Crippen LogP contribution in [0.15, 0.2) is 5.16 Å². The van der Waals surface area contributed by atoms with Crippen molar-refractivity contribution < 1.29 is 48.7 Å². The number of hydrogen-bond acceptors (Lipinski definition) is 13. The van der Waals surface area contributed by atoms with Gasteiger partial charge in [0.15, 0.2) is 12.1 Å². The first kappa shape index (κ1) is 43.3. The number of hydrogen-bond donors (Lipinski definition) is 4. The monoisotopic (exact) mass is 723 g/mol. The van der Waals surface area contributed by atoms with Gasteiger partial charge in [-0.3, -0.25) is 14.5 Å². The van der Waals surface area contributed by atoms with Crippen LogP contribution in [0.3, 0.4) is 0 Å². The Morgan fingerprint density at radius 2 is 1.82 bits per heavy atom. The number of ether oxygens (including phenoxy) is 4. The number of aliphatic hydroxyl groups excluding tert-OH is 2. The minimum atomic E-state index is -1.89. The smallest absolute Gasteiger partial charge is 0.316 e. The predicted molar refractivity (Wildman–Crippen MR) is 193 cm³/mol. The van der Waals surface area contributed by atoms with E-state index in [2.05, 4.69) is 16.4 Å². The van der Waals surface area contributed by atoms with Crippen molar-refractivity contribution in [3.63, 3.8) is 0 Å². The average molecular weight is 724 g/mol. The van der Waals surface area contributed by atoms with Crippen molar-refractivity contribution in [2.45, 2.75) is 154 Å². The van der Waals surface area contributed by atoms with E-state index in [-0.39, 0.29) is 31.1 Å². The molecule has 3 rings (SSSR count). The molecule has 3 aliphatic rings.